The third-order valence-corrected chi connectivity index (χ3v) is 5.82. The van der Waals surface area contributed by atoms with Gasteiger partial charge < -0.3 is 5.32 Å². The van der Waals surface area contributed by atoms with Crippen molar-refractivity contribution < 1.29 is 0 Å². The van der Waals surface area contributed by atoms with E-state index in [0.29, 0.717) is 5.41 Å². The van der Waals surface area contributed by atoms with Gasteiger partial charge in [0.15, 0.2) is 0 Å². The Balaban J connectivity index is 1.97. The van der Waals surface area contributed by atoms with E-state index in [-0.39, 0.29) is 0 Å². The average Bonchev–Trinajstić information content (AvgIpc) is 2.79. The summed E-state index contributed by atoms with van der Waals surface area (Å²) in [5.41, 5.74) is 1.62. The highest BCUT2D eigenvalue weighted by Crippen LogP contribution is 2.52. The zero-order chi connectivity index (χ0) is 11.9. The molecule has 3 rings (SSSR count). The Kier molecular flexibility index (Phi) is 2.81. The fraction of sp³-hybridized carbons (Fsp3) is 0.462. The third kappa shape index (κ3) is 1.94. The molecule has 0 atom stereocenters. The number of nitrogens with zero attached hydrogens (tertiary/aromatic N) is 1. The van der Waals surface area contributed by atoms with Gasteiger partial charge in [-0.3, -0.25) is 0 Å². The van der Waals surface area contributed by atoms with Crippen LogP contribution in [0.3, 0.4) is 0 Å². The maximum Gasteiger partial charge on any atom is 0.133 e. The van der Waals surface area contributed by atoms with Gasteiger partial charge in [0, 0.05) is 16.8 Å². The first-order chi connectivity index (χ1) is 8.25. The molecular formula is C13H16N2S2. The summed E-state index contributed by atoms with van der Waals surface area (Å²) in [4.78, 5) is 7.53. The molecule has 4 heteroatoms. The Morgan fingerprint density at radius 1 is 1.47 bits per heavy atom. The SMILES string of the molecule is CNCC1(c2sc(-c3cccs3)nc2C)CC1. The maximum atomic E-state index is 4.74. The molecule has 0 amide bonds. The van der Waals surface area contributed by atoms with E-state index in [1.807, 2.05) is 18.4 Å². The molecule has 1 saturated carbocycles. The molecule has 1 aliphatic carbocycles. The monoisotopic (exact) mass is 264 g/mol. The zero-order valence-corrected chi connectivity index (χ0v) is 11.8. The van der Waals surface area contributed by atoms with Crippen molar-refractivity contribution in [2.24, 2.45) is 0 Å². The van der Waals surface area contributed by atoms with E-state index >= 15 is 0 Å². The summed E-state index contributed by atoms with van der Waals surface area (Å²) in [6.07, 6.45) is 2.61. The van der Waals surface area contributed by atoms with Crippen LogP contribution in [0.25, 0.3) is 9.88 Å². The van der Waals surface area contributed by atoms with Gasteiger partial charge in [0.05, 0.1) is 10.6 Å². The van der Waals surface area contributed by atoms with Crippen molar-refractivity contribution in [1.82, 2.24) is 10.3 Å². The van der Waals surface area contributed by atoms with Gasteiger partial charge in [-0.1, -0.05) is 6.07 Å². The van der Waals surface area contributed by atoms with Crippen LogP contribution in [0.15, 0.2) is 17.5 Å². The highest BCUT2D eigenvalue weighted by atomic mass is 32.1. The Bertz CT molecular complexity index is 510. The topological polar surface area (TPSA) is 24.9 Å². The molecule has 0 aromatic carbocycles. The highest BCUT2D eigenvalue weighted by Gasteiger charge is 2.46. The van der Waals surface area contributed by atoms with Crippen LogP contribution in [0.1, 0.15) is 23.4 Å². The Labute approximate surface area is 110 Å². The van der Waals surface area contributed by atoms with Crippen molar-refractivity contribution in [3.63, 3.8) is 0 Å². The minimum Gasteiger partial charge on any atom is -0.319 e. The second kappa shape index (κ2) is 4.19. The van der Waals surface area contributed by atoms with Crippen LogP contribution in [0.4, 0.5) is 0 Å². The summed E-state index contributed by atoms with van der Waals surface area (Å²) in [6, 6.07) is 4.25. The first-order valence-corrected chi connectivity index (χ1v) is 7.61. The second-order valence-corrected chi connectivity index (χ2v) is 6.67. The lowest BCUT2D eigenvalue weighted by molar-refractivity contribution is 0.630. The van der Waals surface area contributed by atoms with Gasteiger partial charge in [-0.25, -0.2) is 4.98 Å². The number of hydrogen-bond acceptors (Lipinski definition) is 4. The van der Waals surface area contributed by atoms with E-state index < -0.39 is 0 Å². The molecule has 1 fully saturated rings. The quantitative estimate of drug-likeness (QED) is 0.915. The van der Waals surface area contributed by atoms with E-state index in [1.165, 1.54) is 33.3 Å². The molecule has 17 heavy (non-hydrogen) atoms. The molecule has 0 radical (unpaired) electrons. The number of aryl methyl sites for hydroxylation is 1. The van der Waals surface area contributed by atoms with Gasteiger partial charge in [-0.2, -0.15) is 0 Å². The molecular weight excluding hydrogens is 248 g/mol. The van der Waals surface area contributed by atoms with Crippen molar-refractivity contribution in [3.8, 4) is 9.88 Å². The Hall–Kier alpha value is -0.710. The normalized spacial score (nSPS) is 17.3. The minimum absolute atomic E-state index is 0.395. The van der Waals surface area contributed by atoms with Crippen LogP contribution in [0.2, 0.25) is 0 Å². The number of aromatic nitrogens is 1. The number of nitrogens with one attached hydrogen (secondary N) is 1. The van der Waals surface area contributed by atoms with E-state index in [4.69, 9.17) is 4.98 Å². The molecule has 1 N–H and O–H groups in total. The zero-order valence-electron chi connectivity index (χ0n) is 10.1. The third-order valence-electron chi connectivity index (χ3n) is 3.38. The van der Waals surface area contributed by atoms with Gasteiger partial charge in [0.2, 0.25) is 0 Å². The summed E-state index contributed by atoms with van der Waals surface area (Å²) in [6.45, 7) is 3.23. The van der Waals surface area contributed by atoms with Crippen molar-refractivity contribution in [2.75, 3.05) is 13.6 Å². The molecule has 1 aliphatic rings. The van der Waals surface area contributed by atoms with Gasteiger partial charge in [-0.15, -0.1) is 22.7 Å². The first kappa shape index (κ1) is 11.4. The highest BCUT2D eigenvalue weighted by molar-refractivity contribution is 7.21. The summed E-state index contributed by atoms with van der Waals surface area (Å²) in [7, 11) is 2.04. The van der Waals surface area contributed by atoms with Crippen LogP contribution in [0.5, 0.6) is 0 Å². The second-order valence-electron chi connectivity index (χ2n) is 4.72. The van der Waals surface area contributed by atoms with Gasteiger partial charge in [0.1, 0.15) is 5.01 Å². The summed E-state index contributed by atoms with van der Waals surface area (Å²) in [5, 5.41) is 6.63. The lowest BCUT2D eigenvalue weighted by Crippen LogP contribution is -2.23. The van der Waals surface area contributed by atoms with Gasteiger partial charge in [-0.05, 0) is 38.3 Å². The fourth-order valence-corrected chi connectivity index (χ4v) is 4.47. The van der Waals surface area contributed by atoms with Crippen LogP contribution in [0, 0.1) is 6.92 Å². The van der Waals surface area contributed by atoms with Crippen molar-refractivity contribution in [2.45, 2.75) is 25.2 Å². The first-order valence-electron chi connectivity index (χ1n) is 5.91. The maximum absolute atomic E-state index is 4.74. The molecule has 0 aliphatic heterocycles. The number of rotatable bonds is 4. The van der Waals surface area contributed by atoms with Crippen molar-refractivity contribution in [1.29, 1.82) is 0 Å². The Morgan fingerprint density at radius 3 is 2.88 bits per heavy atom. The van der Waals surface area contributed by atoms with E-state index in [0.717, 1.165) is 6.54 Å². The van der Waals surface area contributed by atoms with Gasteiger partial charge in [0.25, 0.3) is 0 Å². The molecule has 2 aromatic rings. The van der Waals surface area contributed by atoms with E-state index in [1.54, 1.807) is 11.3 Å². The fourth-order valence-electron chi connectivity index (χ4n) is 2.37. The van der Waals surface area contributed by atoms with E-state index in [9.17, 15) is 0 Å². The largest absolute Gasteiger partial charge is 0.319 e. The van der Waals surface area contributed by atoms with Crippen LogP contribution >= 0.6 is 22.7 Å². The average molecular weight is 264 g/mol. The smallest absolute Gasteiger partial charge is 0.133 e. The van der Waals surface area contributed by atoms with Gasteiger partial charge >= 0.3 is 0 Å². The lowest BCUT2D eigenvalue weighted by atomic mass is 10.0. The van der Waals surface area contributed by atoms with Crippen LogP contribution in [-0.2, 0) is 5.41 Å². The molecule has 2 aromatic heterocycles. The molecule has 90 valence electrons. The molecule has 0 bridgehead atoms. The molecule has 0 unspecified atom stereocenters. The van der Waals surface area contributed by atoms with Crippen molar-refractivity contribution in [3.05, 3.63) is 28.1 Å². The van der Waals surface area contributed by atoms with Crippen molar-refractivity contribution >= 4 is 22.7 Å². The minimum atomic E-state index is 0.395. The summed E-state index contributed by atoms with van der Waals surface area (Å²) < 4.78 is 0. The predicted octanol–water partition coefficient (Wildman–Crippen LogP) is 3.43. The van der Waals surface area contributed by atoms with Crippen LogP contribution < -0.4 is 5.32 Å². The molecule has 2 heterocycles. The molecule has 0 spiro atoms. The molecule has 0 saturated heterocycles. The number of likely N-dealkylation sites (N-methyl/N-ethyl adjacent to an activating group) is 1. The lowest BCUT2D eigenvalue weighted by Gasteiger charge is -2.12. The van der Waals surface area contributed by atoms with E-state index in [2.05, 4.69) is 29.8 Å². The number of thiophene rings is 1. The number of thiazole rings is 1. The summed E-state index contributed by atoms with van der Waals surface area (Å²) in [5.74, 6) is 0. The molecule has 2 nitrogen and oxygen atoms in total. The number of hydrogen-bond donors (Lipinski definition) is 1. The Morgan fingerprint density at radius 2 is 2.29 bits per heavy atom. The predicted molar refractivity (Wildman–Crippen MR) is 75.0 cm³/mol. The standard InChI is InChI=1S/C13H16N2S2/c1-9-11(13(5-6-13)8-14-2)17-12(15-9)10-4-3-7-16-10/h3-4,7,14H,5-6,8H2,1-2H3. The van der Waals surface area contributed by atoms with Crippen LogP contribution in [-0.4, -0.2) is 18.6 Å². The summed E-state index contributed by atoms with van der Waals surface area (Å²) >= 11 is 3.66.